The Morgan fingerprint density at radius 2 is 2.27 bits per heavy atom. The molecule has 0 amide bonds. The van der Waals surface area contributed by atoms with Crippen molar-refractivity contribution in [2.75, 3.05) is 13.1 Å². The van der Waals surface area contributed by atoms with Crippen molar-refractivity contribution in [3.63, 3.8) is 0 Å². The van der Waals surface area contributed by atoms with E-state index in [9.17, 15) is 4.79 Å². The van der Waals surface area contributed by atoms with Crippen LogP contribution >= 0.6 is 0 Å². The smallest absolute Gasteiger partial charge is 0.322 e. The highest BCUT2D eigenvalue weighted by atomic mass is 16.4. The molecule has 1 rings (SSSR count). The number of rotatable bonds is 4. The molecule has 15 heavy (non-hydrogen) atoms. The normalized spacial score (nSPS) is 25.9. The Labute approximate surface area is 91.4 Å². The SMILES string of the molecule is CCC1CCCCCN1C(CN)C(=O)O. The maximum absolute atomic E-state index is 11.1. The van der Waals surface area contributed by atoms with Gasteiger partial charge in [0.1, 0.15) is 6.04 Å². The van der Waals surface area contributed by atoms with Gasteiger partial charge in [0.15, 0.2) is 0 Å². The summed E-state index contributed by atoms with van der Waals surface area (Å²) in [6.45, 7) is 3.22. The van der Waals surface area contributed by atoms with Crippen LogP contribution in [0, 0.1) is 0 Å². The topological polar surface area (TPSA) is 66.6 Å². The summed E-state index contributed by atoms with van der Waals surface area (Å²) in [6, 6.07) is -0.0924. The van der Waals surface area contributed by atoms with Gasteiger partial charge in [0.05, 0.1) is 0 Å². The minimum Gasteiger partial charge on any atom is -0.480 e. The molecule has 0 spiro atoms. The van der Waals surface area contributed by atoms with Crippen molar-refractivity contribution in [2.45, 2.75) is 51.1 Å². The zero-order valence-corrected chi connectivity index (χ0v) is 9.48. The molecular formula is C11H22N2O2. The Bertz CT molecular complexity index is 209. The van der Waals surface area contributed by atoms with Gasteiger partial charge in [0, 0.05) is 12.6 Å². The van der Waals surface area contributed by atoms with E-state index in [1.54, 1.807) is 0 Å². The second kappa shape index (κ2) is 6.08. The van der Waals surface area contributed by atoms with Crippen LogP contribution in [0.4, 0.5) is 0 Å². The van der Waals surface area contributed by atoms with Gasteiger partial charge in [-0.05, 0) is 25.8 Å². The van der Waals surface area contributed by atoms with E-state index < -0.39 is 12.0 Å². The van der Waals surface area contributed by atoms with E-state index in [2.05, 4.69) is 11.8 Å². The number of likely N-dealkylation sites (tertiary alicyclic amines) is 1. The highest BCUT2D eigenvalue weighted by molar-refractivity contribution is 5.73. The first-order valence-electron chi connectivity index (χ1n) is 5.89. The van der Waals surface area contributed by atoms with Crippen LogP contribution in [0.2, 0.25) is 0 Å². The van der Waals surface area contributed by atoms with Gasteiger partial charge in [-0.2, -0.15) is 0 Å². The summed E-state index contributed by atoms with van der Waals surface area (Å²) in [4.78, 5) is 13.2. The summed E-state index contributed by atoms with van der Waals surface area (Å²) >= 11 is 0. The standard InChI is InChI=1S/C11H22N2O2/c1-2-9-6-4-3-5-7-13(9)10(8-12)11(14)15/h9-10H,2-8,12H2,1H3,(H,14,15). The summed E-state index contributed by atoms with van der Waals surface area (Å²) in [5.74, 6) is -0.780. The van der Waals surface area contributed by atoms with Crippen LogP contribution in [0.3, 0.4) is 0 Å². The lowest BCUT2D eigenvalue weighted by Crippen LogP contribution is -2.50. The molecule has 1 saturated heterocycles. The molecule has 1 heterocycles. The van der Waals surface area contributed by atoms with Crippen molar-refractivity contribution in [3.8, 4) is 0 Å². The average molecular weight is 214 g/mol. The molecule has 4 heteroatoms. The first-order valence-corrected chi connectivity index (χ1v) is 5.89. The second-order valence-electron chi connectivity index (χ2n) is 4.24. The van der Waals surface area contributed by atoms with Crippen LogP contribution in [0.15, 0.2) is 0 Å². The molecule has 88 valence electrons. The highest BCUT2D eigenvalue weighted by Gasteiger charge is 2.30. The zero-order chi connectivity index (χ0) is 11.3. The Kier molecular flexibility index (Phi) is 5.05. The lowest BCUT2D eigenvalue weighted by Gasteiger charge is -2.33. The monoisotopic (exact) mass is 214 g/mol. The fraction of sp³-hybridized carbons (Fsp3) is 0.909. The van der Waals surface area contributed by atoms with Crippen molar-refractivity contribution < 1.29 is 9.90 Å². The molecular weight excluding hydrogens is 192 g/mol. The highest BCUT2D eigenvalue weighted by Crippen LogP contribution is 2.21. The van der Waals surface area contributed by atoms with Gasteiger partial charge < -0.3 is 10.8 Å². The summed E-state index contributed by atoms with van der Waals surface area (Å²) in [5, 5.41) is 9.11. The molecule has 2 atom stereocenters. The van der Waals surface area contributed by atoms with Gasteiger partial charge >= 0.3 is 5.97 Å². The molecule has 3 N–H and O–H groups in total. The number of hydrogen-bond acceptors (Lipinski definition) is 3. The first kappa shape index (κ1) is 12.5. The molecule has 4 nitrogen and oxygen atoms in total. The van der Waals surface area contributed by atoms with E-state index >= 15 is 0 Å². The van der Waals surface area contributed by atoms with Crippen LogP contribution < -0.4 is 5.73 Å². The maximum Gasteiger partial charge on any atom is 0.322 e. The fourth-order valence-corrected chi connectivity index (χ4v) is 2.43. The van der Waals surface area contributed by atoms with Gasteiger partial charge in [-0.1, -0.05) is 19.8 Å². The van der Waals surface area contributed by atoms with Crippen LogP contribution in [0.25, 0.3) is 0 Å². The van der Waals surface area contributed by atoms with Gasteiger partial charge in [0.25, 0.3) is 0 Å². The predicted molar refractivity (Wildman–Crippen MR) is 59.7 cm³/mol. The molecule has 0 aromatic heterocycles. The quantitative estimate of drug-likeness (QED) is 0.734. The average Bonchev–Trinajstić information content (AvgIpc) is 2.44. The summed E-state index contributed by atoms with van der Waals surface area (Å²) in [7, 11) is 0. The van der Waals surface area contributed by atoms with E-state index in [0.717, 1.165) is 25.8 Å². The minimum absolute atomic E-state index is 0.214. The van der Waals surface area contributed by atoms with E-state index in [0.29, 0.717) is 6.04 Å². The summed E-state index contributed by atoms with van der Waals surface area (Å²) < 4.78 is 0. The van der Waals surface area contributed by atoms with Gasteiger partial charge in [-0.15, -0.1) is 0 Å². The maximum atomic E-state index is 11.1. The second-order valence-corrected chi connectivity index (χ2v) is 4.24. The van der Waals surface area contributed by atoms with E-state index in [4.69, 9.17) is 10.8 Å². The van der Waals surface area contributed by atoms with Crippen molar-refractivity contribution in [3.05, 3.63) is 0 Å². The molecule has 0 radical (unpaired) electrons. The molecule has 1 aliphatic heterocycles. The molecule has 0 bridgehead atoms. The summed E-state index contributed by atoms with van der Waals surface area (Å²) in [5.41, 5.74) is 5.55. The lowest BCUT2D eigenvalue weighted by atomic mass is 10.1. The van der Waals surface area contributed by atoms with Gasteiger partial charge in [-0.3, -0.25) is 9.69 Å². The Morgan fingerprint density at radius 1 is 1.53 bits per heavy atom. The Morgan fingerprint density at radius 3 is 2.80 bits per heavy atom. The molecule has 1 aliphatic rings. The van der Waals surface area contributed by atoms with Crippen LogP contribution in [0.5, 0.6) is 0 Å². The molecule has 0 aromatic rings. The van der Waals surface area contributed by atoms with Gasteiger partial charge in [0.2, 0.25) is 0 Å². The van der Waals surface area contributed by atoms with E-state index in [-0.39, 0.29) is 6.54 Å². The van der Waals surface area contributed by atoms with Crippen LogP contribution in [-0.4, -0.2) is 41.1 Å². The zero-order valence-electron chi connectivity index (χ0n) is 9.48. The molecule has 2 unspecified atom stereocenters. The number of nitrogens with two attached hydrogens (primary N) is 1. The number of aliphatic carboxylic acids is 1. The predicted octanol–water partition coefficient (Wildman–Crippen LogP) is 1.05. The third-order valence-electron chi connectivity index (χ3n) is 3.30. The Balaban J connectivity index is 2.71. The minimum atomic E-state index is -0.780. The molecule has 0 saturated carbocycles. The van der Waals surface area contributed by atoms with Crippen molar-refractivity contribution in [1.29, 1.82) is 0 Å². The number of carboxylic acids is 1. The fourth-order valence-electron chi connectivity index (χ4n) is 2.43. The van der Waals surface area contributed by atoms with Crippen LogP contribution in [0.1, 0.15) is 39.0 Å². The molecule has 0 aliphatic carbocycles. The third kappa shape index (κ3) is 3.18. The third-order valence-corrected chi connectivity index (χ3v) is 3.30. The van der Waals surface area contributed by atoms with Gasteiger partial charge in [-0.25, -0.2) is 0 Å². The number of carboxylic acid groups (broad SMARTS) is 1. The van der Waals surface area contributed by atoms with E-state index in [1.165, 1.54) is 12.8 Å². The number of carbonyl (C=O) groups is 1. The Hall–Kier alpha value is -0.610. The lowest BCUT2D eigenvalue weighted by molar-refractivity contribution is -0.143. The first-order chi connectivity index (χ1) is 7.20. The van der Waals surface area contributed by atoms with Crippen molar-refractivity contribution in [2.24, 2.45) is 5.73 Å². The largest absolute Gasteiger partial charge is 0.480 e. The van der Waals surface area contributed by atoms with Crippen LogP contribution in [-0.2, 0) is 4.79 Å². The van der Waals surface area contributed by atoms with Crippen molar-refractivity contribution in [1.82, 2.24) is 4.90 Å². The number of hydrogen-bond donors (Lipinski definition) is 2. The molecule has 1 fully saturated rings. The summed E-state index contributed by atoms with van der Waals surface area (Å²) in [6.07, 6.45) is 5.65. The van der Waals surface area contributed by atoms with E-state index in [1.807, 2.05) is 0 Å². The molecule has 0 aromatic carbocycles. The van der Waals surface area contributed by atoms with Crippen molar-refractivity contribution >= 4 is 5.97 Å². The number of nitrogens with zero attached hydrogens (tertiary/aromatic N) is 1.